The molecule has 2 aliphatic heterocycles. The SMILES string of the molecule is Cc1c(Cl)cccc1NC(=O)CC(=O)N1CCN2[C@@H](COC[C@@H]2C2CC2)C1. The maximum absolute atomic E-state index is 12.6. The van der Waals surface area contributed by atoms with Gasteiger partial charge in [0.2, 0.25) is 11.8 Å². The zero-order valence-electron chi connectivity index (χ0n) is 15.6. The van der Waals surface area contributed by atoms with Crippen molar-refractivity contribution < 1.29 is 14.3 Å². The van der Waals surface area contributed by atoms with Crippen molar-refractivity contribution in [2.75, 3.05) is 38.2 Å². The van der Waals surface area contributed by atoms with Crippen molar-refractivity contribution in [3.8, 4) is 0 Å². The van der Waals surface area contributed by atoms with Gasteiger partial charge in [-0.15, -0.1) is 0 Å². The molecule has 2 heterocycles. The van der Waals surface area contributed by atoms with Crippen LogP contribution < -0.4 is 5.32 Å². The fourth-order valence-electron chi connectivity index (χ4n) is 4.18. The van der Waals surface area contributed by atoms with Crippen LogP contribution in [0.1, 0.15) is 24.8 Å². The van der Waals surface area contributed by atoms with E-state index >= 15 is 0 Å². The summed E-state index contributed by atoms with van der Waals surface area (Å²) in [5, 5.41) is 3.40. The Kier molecular flexibility index (Phi) is 5.39. The van der Waals surface area contributed by atoms with Gasteiger partial charge in [0.25, 0.3) is 0 Å². The topological polar surface area (TPSA) is 61.9 Å². The minimum Gasteiger partial charge on any atom is -0.378 e. The van der Waals surface area contributed by atoms with Gasteiger partial charge in [-0.3, -0.25) is 14.5 Å². The number of piperazine rings is 1. The van der Waals surface area contributed by atoms with Gasteiger partial charge < -0.3 is 15.0 Å². The smallest absolute Gasteiger partial charge is 0.233 e. The zero-order chi connectivity index (χ0) is 19.0. The van der Waals surface area contributed by atoms with E-state index in [1.54, 1.807) is 18.2 Å². The highest BCUT2D eigenvalue weighted by Crippen LogP contribution is 2.38. The number of carbonyl (C=O) groups excluding carboxylic acids is 2. The van der Waals surface area contributed by atoms with Crippen LogP contribution in [0.15, 0.2) is 18.2 Å². The molecule has 0 aromatic heterocycles. The second-order valence-corrected chi connectivity index (χ2v) is 8.22. The molecule has 7 heteroatoms. The third-order valence-electron chi connectivity index (χ3n) is 5.93. The van der Waals surface area contributed by atoms with Crippen LogP contribution in [0.3, 0.4) is 0 Å². The van der Waals surface area contributed by atoms with Crippen LogP contribution in [-0.2, 0) is 14.3 Å². The first-order valence-corrected chi connectivity index (χ1v) is 10.1. The predicted molar refractivity (Wildman–Crippen MR) is 104 cm³/mol. The van der Waals surface area contributed by atoms with Gasteiger partial charge in [0.1, 0.15) is 6.42 Å². The van der Waals surface area contributed by atoms with Crippen LogP contribution in [0.2, 0.25) is 5.02 Å². The lowest BCUT2D eigenvalue weighted by Crippen LogP contribution is -2.63. The number of nitrogens with one attached hydrogen (secondary N) is 1. The molecular weight excluding hydrogens is 366 g/mol. The van der Waals surface area contributed by atoms with Crippen LogP contribution in [0.4, 0.5) is 5.69 Å². The molecule has 1 N–H and O–H groups in total. The highest BCUT2D eigenvalue weighted by atomic mass is 35.5. The van der Waals surface area contributed by atoms with Gasteiger partial charge in [0.05, 0.1) is 19.3 Å². The predicted octanol–water partition coefficient (Wildman–Crippen LogP) is 2.30. The molecule has 0 bridgehead atoms. The van der Waals surface area contributed by atoms with Crippen molar-refractivity contribution in [3.63, 3.8) is 0 Å². The number of hydrogen-bond donors (Lipinski definition) is 1. The van der Waals surface area contributed by atoms with Crippen LogP contribution in [0.5, 0.6) is 0 Å². The summed E-state index contributed by atoms with van der Waals surface area (Å²) in [4.78, 5) is 29.3. The van der Waals surface area contributed by atoms with Crippen molar-refractivity contribution in [2.45, 2.75) is 38.3 Å². The average molecular weight is 392 g/mol. The molecule has 3 fully saturated rings. The molecule has 1 saturated carbocycles. The van der Waals surface area contributed by atoms with Gasteiger partial charge in [0, 0.05) is 36.4 Å². The van der Waals surface area contributed by atoms with Crippen molar-refractivity contribution in [1.29, 1.82) is 0 Å². The highest BCUT2D eigenvalue weighted by Gasteiger charge is 2.43. The molecule has 2 saturated heterocycles. The molecule has 0 radical (unpaired) electrons. The maximum Gasteiger partial charge on any atom is 0.233 e. The van der Waals surface area contributed by atoms with Crippen molar-refractivity contribution in [3.05, 3.63) is 28.8 Å². The first-order valence-electron chi connectivity index (χ1n) is 9.69. The minimum atomic E-state index is -0.302. The van der Waals surface area contributed by atoms with Crippen molar-refractivity contribution >= 4 is 29.1 Å². The van der Waals surface area contributed by atoms with E-state index in [0.717, 1.165) is 24.6 Å². The number of hydrogen-bond acceptors (Lipinski definition) is 4. The van der Waals surface area contributed by atoms with Gasteiger partial charge in [-0.05, 0) is 43.4 Å². The number of halogens is 1. The van der Waals surface area contributed by atoms with Gasteiger partial charge >= 0.3 is 0 Å². The van der Waals surface area contributed by atoms with E-state index in [1.165, 1.54) is 12.8 Å². The Labute approximate surface area is 164 Å². The fraction of sp³-hybridized carbons (Fsp3) is 0.600. The van der Waals surface area contributed by atoms with E-state index in [9.17, 15) is 9.59 Å². The normalized spacial score (nSPS) is 25.8. The van der Waals surface area contributed by atoms with Crippen LogP contribution >= 0.6 is 11.6 Å². The lowest BCUT2D eigenvalue weighted by atomic mass is 10.0. The Morgan fingerprint density at radius 3 is 2.85 bits per heavy atom. The molecule has 1 aromatic carbocycles. The van der Waals surface area contributed by atoms with E-state index in [2.05, 4.69) is 10.2 Å². The number of carbonyl (C=O) groups is 2. The molecule has 27 heavy (non-hydrogen) atoms. The van der Waals surface area contributed by atoms with E-state index in [4.69, 9.17) is 16.3 Å². The number of benzene rings is 1. The Balaban J connectivity index is 1.32. The van der Waals surface area contributed by atoms with Crippen LogP contribution in [0, 0.1) is 12.8 Å². The standard InChI is InChI=1S/C20H26ClN3O3/c1-13-16(21)3-2-4-17(13)22-19(25)9-20(26)23-7-8-24-15(10-23)11-27-12-18(24)14-5-6-14/h2-4,14-15,18H,5-12H2,1H3,(H,22,25)/t15-,18-/m1/s1. The molecule has 4 rings (SSSR count). The highest BCUT2D eigenvalue weighted by molar-refractivity contribution is 6.31. The third kappa shape index (κ3) is 4.13. The molecule has 0 spiro atoms. The summed E-state index contributed by atoms with van der Waals surface area (Å²) in [6.45, 7) is 5.53. The number of ether oxygens (including phenoxy) is 1. The van der Waals surface area contributed by atoms with Gasteiger partial charge in [-0.1, -0.05) is 17.7 Å². The summed E-state index contributed by atoms with van der Waals surface area (Å²) in [6.07, 6.45) is 2.44. The summed E-state index contributed by atoms with van der Waals surface area (Å²) >= 11 is 6.09. The number of fused-ring (bicyclic) bond motifs is 1. The van der Waals surface area contributed by atoms with Crippen LogP contribution in [0.25, 0.3) is 0 Å². The molecule has 2 amide bonds. The number of anilines is 1. The Hall–Kier alpha value is -1.63. The zero-order valence-corrected chi connectivity index (χ0v) is 16.4. The molecule has 3 aliphatic rings. The minimum absolute atomic E-state index is 0.125. The van der Waals surface area contributed by atoms with Gasteiger partial charge in [-0.2, -0.15) is 0 Å². The number of amides is 2. The van der Waals surface area contributed by atoms with Crippen molar-refractivity contribution in [1.82, 2.24) is 9.80 Å². The van der Waals surface area contributed by atoms with E-state index in [1.807, 2.05) is 11.8 Å². The van der Waals surface area contributed by atoms with E-state index in [-0.39, 0.29) is 24.3 Å². The third-order valence-corrected chi connectivity index (χ3v) is 6.33. The second kappa shape index (κ2) is 7.78. The second-order valence-electron chi connectivity index (χ2n) is 7.81. The van der Waals surface area contributed by atoms with Crippen LogP contribution in [-0.4, -0.2) is 66.5 Å². The van der Waals surface area contributed by atoms with E-state index < -0.39 is 0 Å². The Morgan fingerprint density at radius 2 is 2.07 bits per heavy atom. The molecular formula is C20H26ClN3O3. The fourth-order valence-corrected chi connectivity index (χ4v) is 4.35. The quantitative estimate of drug-likeness (QED) is 0.800. The lowest BCUT2D eigenvalue weighted by molar-refractivity contribution is -0.142. The largest absolute Gasteiger partial charge is 0.378 e. The monoisotopic (exact) mass is 391 g/mol. The van der Waals surface area contributed by atoms with Gasteiger partial charge in [0.15, 0.2) is 0 Å². The first kappa shape index (κ1) is 18.7. The summed E-state index contributed by atoms with van der Waals surface area (Å²) < 4.78 is 5.79. The number of rotatable bonds is 4. The molecule has 1 aromatic rings. The summed E-state index contributed by atoms with van der Waals surface area (Å²) in [5.74, 6) is 0.339. The first-order chi connectivity index (χ1) is 13.0. The summed E-state index contributed by atoms with van der Waals surface area (Å²) in [5.41, 5.74) is 1.46. The Morgan fingerprint density at radius 1 is 1.26 bits per heavy atom. The summed E-state index contributed by atoms with van der Waals surface area (Å²) in [6, 6.07) is 6.11. The molecule has 146 valence electrons. The maximum atomic E-state index is 12.6. The Bertz CT molecular complexity index is 737. The average Bonchev–Trinajstić information content (AvgIpc) is 3.49. The van der Waals surface area contributed by atoms with Gasteiger partial charge in [-0.25, -0.2) is 0 Å². The summed E-state index contributed by atoms with van der Waals surface area (Å²) in [7, 11) is 0. The molecule has 2 atom stereocenters. The number of morpholine rings is 1. The molecule has 6 nitrogen and oxygen atoms in total. The molecule has 0 unspecified atom stereocenters. The van der Waals surface area contributed by atoms with Crippen molar-refractivity contribution in [2.24, 2.45) is 5.92 Å². The number of nitrogens with zero attached hydrogens (tertiary/aromatic N) is 2. The van der Waals surface area contributed by atoms with E-state index in [0.29, 0.717) is 36.4 Å². The molecule has 1 aliphatic carbocycles. The lowest BCUT2D eigenvalue weighted by Gasteiger charge is -2.48.